The topological polar surface area (TPSA) is 136 Å². The lowest BCUT2D eigenvalue weighted by molar-refractivity contribution is 0.0765. The Morgan fingerprint density at radius 3 is 2.39 bits per heavy atom. The molecule has 13 heteroatoms. The Morgan fingerprint density at radius 1 is 1.11 bits per heavy atom. The molecular formula is C23H23Cl2N7O3S. The number of anilines is 2. The molecule has 1 saturated carbocycles. The predicted octanol–water partition coefficient (Wildman–Crippen LogP) is 3.50. The Labute approximate surface area is 218 Å². The molecule has 3 aromatic rings. The van der Waals surface area contributed by atoms with E-state index in [1.807, 2.05) is 0 Å². The first-order chi connectivity index (χ1) is 17.2. The molecule has 10 nitrogen and oxygen atoms in total. The van der Waals surface area contributed by atoms with Gasteiger partial charge in [-0.2, -0.15) is 5.10 Å². The van der Waals surface area contributed by atoms with Crippen LogP contribution in [0.4, 0.5) is 11.4 Å². The zero-order valence-corrected chi connectivity index (χ0v) is 21.4. The third-order valence-electron chi connectivity index (χ3n) is 5.91. The fourth-order valence-electron chi connectivity index (χ4n) is 3.86. The van der Waals surface area contributed by atoms with Gasteiger partial charge in [0, 0.05) is 24.6 Å². The molecule has 1 aliphatic carbocycles. The highest BCUT2D eigenvalue weighted by atomic mass is 35.5. The maximum atomic E-state index is 12.9. The van der Waals surface area contributed by atoms with Crippen molar-refractivity contribution in [3.8, 4) is 5.69 Å². The molecule has 0 atom stereocenters. The molecule has 5 rings (SSSR count). The monoisotopic (exact) mass is 547 g/mol. The van der Waals surface area contributed by atoms with Gasteiger partial charge in [0.05, 0.1) is 49.6 Å². The van der Waals surface area contributed by atoms with Crippen LogP contribution < -0.4 is 11.1 Å². The Morgan fingerprint density at radius 2 is 1.81 bits per heavy atom. The van der Waals surface area contributed by atoms with Crippen LogP contribution in [0.2, 0.25) is 10.0 Å². The van der Waals surface area contributed by atoms with Crippen molar-refractivity contribution in [3.05, 3.63) is 64.2 Å². The molecule has 2 aliphatic rings. The Hall–Kier alpha value is -3.15. The molecule has 2 amide bonds. The third kappa shape index (κ3) is 5.18. The minimum absolute atomic E-state index is 0.0142. The standard InChI is InChI=1S/C23H23Cl2N7O3S/c24-16-2-1-3-17(25)21(16)32-13-19(20(29-32)22(26)33)28-15-6-7-18(27-12-15)23(34)31-8-10-36(35,11-9-31)30-14-4-5-14/h1-3,6-7,12-14,28H,4-5,8-11H2,(H2,26,33). The first kappa shape index (κ1) is 24.5. The van der Waals surface area contributed by atoms with E-state index in [0.717, 1.165) is 12.8 Å². The molecule has 2 fully saturated rings. The molecule has 188 valence electrons. The summed E-state index contributed by atoms with van der Waals surface area (Å²) >= 11 is 12.5. The second-order valence-corrected chi connectivity index (χ2v) is 12.0. The van der Waals surface area contributed by atoms with Gasteiger partial charge in [0.2, 0.25) is 0 Å². The first-order valence-corrected chi connectivity index (χ1v) is 13.9. The minimum Gasteiger partial charge on any atom is -0.364 e. The summed E-state index contributed by atoms with van der Waals surface area (Å²) in [7, 11) is -2.21. The van der Waals surface area contributed by atoms with Gasteiger partial charge in [-0.15, -0.1) is 0 Å². The van der Waals surface area contributed by atoms with E-state index in [4.69, 9.17) is 28.9 Å². The van der Waals surface area contributed by atoms with E-state index in [1.165, 1.54) is 10.9 Å². The summed E-state index contributed by atoms with van der Waals surface area (Å²) in [5.74, 6) is -0.184. The molecule has 1 aromatic carbocycles. The molecule has 3 heterocycles. The molecule has 36 heavy (non-hydrogen) atoms. The summed E-state index contributed by atoms with van der Waals surface area (Å²) in [5, 5.41) is 8.00. The number of halogens is 2. The number of nitrogens with zero attached hydrogens (tertiary/aromatic N) is 5. The van der Waals surface area contributed by atoms with Gasteiger partial charge in [0.15, 0.2) is 5.69 Å². The summed E-state index contributed by atoms with van der Waals surface area (Å²) in [4.78, 5) is 30.8. The fourth-order valence-corrected chi connectivity index (χ4v) is 6.61. The normalized spacial score (nSPS) is 17.0. The zero-order valence-electron chi connectivity index (χ0n) is 19.1. The highest BCUT2D eigenvalue weighted by Crippen LogP contribution is 2.30. The van der Waals surface area contributed by atoms with Crippen LogP contribution in [-0.2, 0) is 9.73 Å². The molecule has 1 aliphatic heterocycles. The van der Waals surface area contributed by atoms with Crippen LogP contribution in [0.15, 0.2) is 47.1 Å². The maximum absolute atomic E-state index is 12.9. The van der Waals surface area contributed by atoms with E-state index in [9.17, 15) is 13.8 Å². The number of carbonyl (C=O) groups excluding carboxylic acids is 2. The smallest absolute Gasteiger partial charge is 0.272 e. The van der Waals surface area contributed by atoms with Crippen molar-refractivity contribution < 1.29 is 13.8 Å². The van der Waals surface area contributed by atoms with Gasteiger partial charge in [-0.25, -0.2) is 18.2 Å². The number of pyridine rings is 1. The second-order valence-electron chi connectivity index (χ2n) is 8.64. The summed E-state index contributed by atoms with van der Waals surface area (Å²) in [6.45, 7) is 0.780. The lowest BCUT2D eigenvalue weighted by atomic mass is 10.2. The average molecular weight is 548 g/mol. The van der Waals surface area contributed by atoms with E-state index in [2.05, 4.69) is 19.8 Å². The highest BCUT2D eigenvalue weighted by molar-refractivity contribution is 7.93. The van der Waals surface area contributed by atoms with Crippen molar-refractivity contribution in [2.45, 2.75) is 18.9 Å². The number of rotatable bonds is 6. The van der Waals surface area contributed by atoms with Crippen LogP contribution in [-0.4, -0.2) is 66.3 Å². The first-order valence-electron chi connectivity index (χ1n) is 11.3. The SMILES string of the molecule is NC(=O)c1nn(-c2c(Cl)cccc2Cl)cc1Nc1ccc(C(=O)N2CCS(=O)(=NC3CC3)CC2)nc1. The van der Waals surface area contributed by atoms with Crippen molar-refractivity contribution in [3.63, 3.8) is 0 Å². The van der Waals surface area contributed by atoms with Gasteiger partial charge in [-0.3, -0.25) is 9.59 Å². The molecule has 1 saturated heterocycles. The minimum atomic E-state index is -2.21. The molecule has 0 spiro atoms. The van der Waals surface area contributed by atoms with E-state index in [-0.39, 0.29) is 23.3 Å². The van der Waals surface area contributed by atoms with Gasteiger partial charge in [-0.1, -0.05) is 29.3 Å². The number of nitrogens with one attached hydrogen (secondary N) is 1. The van der Waals surface area contributed by atoms with E-state index in [1.54, 1.807) is 41.4 Å². The lowest BCUT2D eigenvalue weighted by Gasteiger charge is -2.28. The molecule has 0 bridgehead atoms. The van der Waals surface area contributed by atoms with Crippen LogP contribution in [0.1, 0.15) is 33.8 Å². The van der Waals surface area contributed by atoms with Crippen molar-refractivity contribution in [2.24, 2.45) is 10.1 Å². The zero-order chi connectivity index (χ0) is 25.4. The van der Waals surface area contributed by atoms with Crippen molar-refractivity contribution in [1.29, 1.82) is 0 Å². The van der Waals surface area contributed by atoms with Crippen LogP contribution in [0.3, 0.4) is 0 Å². The number of benzene rings is 1. The van der Waals surface area contributed by atoms with E-state index < -0.39 is 15.6 Å². The largest absolute Gasteiger partial charge is 0.364 e. The number of hydrogen-bond donors (Lipinski definition) is 2. The van der Waals surface area contributed by atoms with E-state index >= 15 is 0 Å². The van der Waals surface area contributed by atoms with Crippen LogP contribution in [0, 0.1) is 0 Å². The third-order valence-corrected chi connectivity index (χ3v) is 8.84. The van der Waals surface area contributed by atoms with Crippen molar-refractivity contribution >= 4 is 56.1 Å². The van der Waals surface area contributed by atoms with Gasteiger partial charge in [0.25, 0.3) is 11.8 Å². The van der Waals surface area contributed by atoms with Crippen LogP contribution >= 0.6 is 23.2 Å². The average Bonchev–Trinajstić information content (AvgIpc) is 3.55. The van der Waals surface area contributed by atoms with Gasteiger partial charge in [0.1, 0.15) is 11.4 Å². The molecular weight excluding hydrogens is 525 g/mol. The molecule has 0 unspecified atom stereocenters. The maximum Gasteiger partial charge on any atom is 0.272 e. The Balaban J connectivity index is 1.31. The number of primary amides is 1. The summed E-state index contributed by atoms with van der Waals surface area (Å²) in [5.41, 5.74) is 7.02. The molecule has 0 radical (unpaired) electrons. The number of aromatic nitrogens is 3. The fraction of sp³-hybridized carbons (Fsp3) is 0.304. The molecule has 2 aromatic heterocycles. The Bertz CT molecular complexity index is 1430. The van der Waals surface area contributed by atoms with Crippen molar-refractivity contribution in [1.82, 2.24) is 19.7 Å². The summed E-state index contributed by atoms with van der Waals surface area (Å²) in [6.07, 6.45) is 5.05. The summed E-state index contributed by atoms with van der Waals surface area (Å²) < 4.78 is 18.6. The number of amides is 2. The van der Waals surface area contributed by atoms with Crippen LogP contribution in [0.25, 0.3) is 5.69 Å². The lowest BCUT2D eigenvalue weighted by Crippen LogP contribution is -2.44. The molecule has 3 N–H and O–H groups in total. The Kier molecular flexibility index (Phi) is 6.62. The number of para-hydroxylation sites is 1. The second kappa shape index (κ2) is 9.72. The number of nitrogens with two attached hydrogens (primary N) is 1. The highest BCUT2D eigenvalue weighted by Gasteiger charge is 2.29. The van der Waals surface area contributed by atoms with Gasteiger partial charge >= 0.3 is 0 Å². The van der Waals surface area contributed by atoms with Gasteiger partial charge in [-0.05, 0) is 37.1 Å². The van der Waals surface area contributed by atoms with Crippen LogP contribution in [0.5, 0.6) is 0 Å². The predicted molar refractivity (Wildman–Crippen MR) is 139 cm³/mol. The quantitative estimate of drug-likeness (QED) is 0.484. The number of hydrogen-bond acceptors (Lipinski definition) is 7. The van der Waals surface area contributed by atoms with E-state index in [0.29, 0.717) is 51.7 Å². The summed E-state index contributed by atoms with van der Waals surface area (Å²) in [6, 6.07) is 8.51. The van der Waals surface area contributed by atoms with Gasteiger partial charge < -0.3 is 16.0 Å². The van der Waals surface area contributed by atoms with Crippen molar-refractivity contribution in [2.75, 3.05) is 29.9 Å². The number of carbonyl (C=O) groups is 2.